The second-order valence-corrected chi connectivity index (χ2v) is 3.59. The molecular formula is C9H9ClF3NO. The summed E-state index contributed by atoms with van der Waals surface area (Å²) in [6, 6.07) is 2.77. The molecule has 0 aliphatic heterocycles. The predicted octanol–water partition coefficient (Wildman–Crippen LogP) is 2.51. The number of rotatable bonds is 2. The second kappa shape index (κ2) is 4.37. The first-order chi connectivity index (χ1) is 6.79. The average molecular weight is 240 g/mol. The van der Waals surface area contributed by atoms with Crippen LogP contribution in [0.15, 0.2) is 12.1 Å². The number of halogens is 4. The van der Waals surface area contributed by atoms with Crippen LogP contribution in [0, 0.1) is 6.92 Å². The lowest BCUT2D eigenvalue weighted by atomic mass is 10.1. The summed E-state index contributed by atoms with van der Waals surface area (Å²) in [4.78, 5) is 3.81. The Morgan fingerprint density at radius 1 is 1.47 bits per heavy atom. The molecule has 0 saturated heterocycles. The first kappa shape index (κ1) is 12.3. The molecule has 0 bridgehead atoms. The van der Waals surface area contributed by atoms with E-state index in [1.165, 1.54) is 12.1 Å². The Labute approximate surface area is 89.7 Å². The van der Waals surface area contributed by atoms with Crippen LogP contribution >= 0.6 is 11.6 Å². The molecule has 1 N–H and O–H groups in total. The van der Waals surface area contributed by atoms with Crippen LogP contribution in [0.5, 0.6) is 0 Å². The van der Waals surface area contributed by atoms with E-state index >= 15 is 0 Å². The molecule has 0 fully saturated rings. The summed E-state index contributed by atoms with van der Waals surface area (Å²) in [6.45, 7) is 1.62. The van der Waals surface area contributed by atoms with Crippen LogP contribution in [0.4, 0.5) is 13.2 Å². The van der Waals surface area contributed by atoms with Gasteiger partial charge in [0.15, 0.2) is 6.10 Å². The van der Waals surface area contributed by atoms with E-state index < -0.39 is 18.7 Å². The van der Waals surface area contributed by atoms with Crippen molar-refractivity contribution < 1.29 is 18.3 Å². The third-order valence-electron chi connectivity index (χ3n) is 1.79. The summed E-state index contributed by atoms with van der Waals surface area (Å²) in [5.74, 6) is 0. The van der Waals surface area contributed by atoms with E-state index in [0.29, 0.717) is 11.3 Å². The fraction of sp³-hybridized carbons (Fsp3) is 0.444. The van der Waals surface area contributed by atoms with Crippen molar-refractivity contribution >= 4 is 11.6 Å². The van der Waals surface area contributed by atoms with E-state index in [2.05, 4.69) is 4.98 Å². The quantitative estimate of drug-likeness (QED) is 0.805. The van der Waals surface area contributed by atoms with Gasteiger partial charge >= 0.3 is 6.18 Å². The fourth-order valence-corrected chi connectivity index (χ4v) is 1.43. The molecule has 84 valence electrons. The van der Waals surface area contributed by atoms with Gasteiger partial charge in [-0.05, 0) is 24.6 Å². The maximum Gasteiger partial charge on any atom is 0.414 e. The van der Waals surface area contributed by atoms with Gasteiger partial charge in [0.1, 0.15) is 5.15 Å². The number of aromatic nitrogens is 1. The molecule has 0 aromatic carbocycles. The highest BCUT2D eigenvalue weighted by molar-refractivity contribution is 6.29. The number of alkyl halides is 3. The number of aliphatic hydroxyl groups excluding tert-OH is 1. The third kappa shape index (κ3) is 3.68. The Bertz CT molecular complexity index is 333. The molecule has 1 atom stereocenters. The minimum absolute atomic E-state index is 0.124. The van der Waals surface area contributed by atoms with Crippen LogP contribution in [-0.2, 0) is 6.42 Å². The number of aryl methyl sites for hydroxylation is 1. The number of nitrogens with zero attached hydrogens (tertiary/aromatic N) is 1. The van der Waals surface area contributed by atoms with Gasteiger partial charge in [-0.2, -0.15) is 13.2 Å². The molecule has 0 aliphatic rings. The molecule has 0 amide bonds. The topological polar surface area (TPSA) is 33.1 Å². The van der Waals surface area contributed by atoms with Crippen molar-refractivity contribution in [3.05, 3.63) is 28.5 Å². The molecule has 6 heteroatoms. The van der Waals surface area contributed by atoms with Gasteiger partial charge in [-0.1, -0.05) is 11.6 Å². The van der Waals surface area contributed by atoms with Crippen LogP contribution in [0.2, 0.25) is 5.15 Å². The first-order valence-corrected chi connectivity index (χ1v) is 4.54. The summed E-state index contributed by atoms with van der Waals surface area (Å²) in [7, 11) is 0. The first-order valence-electron chi connectivity index (χ1n) is 4.17. The third-order valence-corrected chi connectivity index (χ3v) is 1.98. The summed E-state index contributed by atoms with van der Waals surface area (Å²) in [5.41, 5.74) is 0.837. The zero-order valence-electron chi connectivity index (χ0n) is 7.85. The summed E-state index contributed by atoms with van der Waals surface area (Å²) < 4.78 is 36.1. The van der Waals surface area contributed by atoms with Crippen molar-refractivity contribution in [2.24, 2.45) is 0 Å². The van der Waals surface area contributed by atoms with Crippen LogP contribution < -0.4 is 0 Å². The van der Waals surface area contributed by atoms with E-state index in [-0.39, 0.29) is 5.15 Å². The molecule has 0 spiro atoms. The van der Waals surface area contributed by atoms with E-state index in [4.69, 9.17) is 16.7 Å². The zero-order chi connectivity index (χ0) is 11.6. The van der Waals surface area contributed by atoms with Crippen molar-refractivity contribution in [3.63, 3.8) is 0 Å². The summed E-state index contributed by atoms with van der Waals surface area (Å²) >= 11 is 5.57. The van der Waals surface area contributed by atoms with E-state index in [1.54, 1.807) is 6.92 Å². The Hall–Kier alpha value is -0.810. The number of hydrogen-bond donors (Lipinski definition) is 1. The predicted molar refractivity (Wildman–Crippen MR) is 49.7 cm³/mol. The monoisotopic (exact) mass is 239 g/mol. The van der Waals surface area contributed by atoms with Gasteiger partial charge in [-0.25, -0.2) is 4.98 Å². The number of aliphatic hydroxyl groups is 1. The lowest BCUT2D eigenvalue weighted by molar-refractivity contribution is -0.203. The minimum Gasteiger partial charge on any atom is -0.383 e. The summed E-state index contributed by atoms with van der Waals surface area (Å²) in [5, 5.41) is 8.96. The Kier molecular flexibility index (Phi) is 3.57. The van der Waals surface area contributed by atoms with Gasteiger partial charge < -0.3 is 5.11 Å². The molecule has 0 aliphatic carbocycles. The maximum absolute atomic E-state index is 12.0. The average Bonchev–Trinajstić information content (AvgIpc) is 1.99. The molecule has 1 aromatic heterocycles. The van der Waals surface area contributed by atoms with Gasteiger partial charge in [-0.15, -0.1) is 0 Å². The lowest BCUT2D eigenvalue weighted by Crippen LogP contribution is -2.30. The number of hydrogen-bond acceptors (Lipinski definition) is 2. The SMILES string of the molecule is Cc1cc(CC(O)C(F)(F)F)cc(Cl)n1. The van der Waals surface area contributed by atoms with Crippen molar-refractivity contribution in [1.82, 2.24) is 4.98 Å². The van der Waals surface area contributed by atoms with Gasteiger partial charge in [0.05, 0.1) is 0 Å². The van der Waals surface area contributed by atoms with Gasteiger partial charge in [0.2, 0.25) is 0 Å². The fourth-order valence-electron chi connectivity index (χ4n) is 1.15. The largest absolute Gasteiger partial charge is 0.414 e. The van der Waals surface area contributed by atoms with Crippen molar-refractivity contribution in [2.45, 2.75) is 25.6 Å². The highest BCUT2D eigenvalue weighted by atomic mass is 35.5. The molecule has 0 radical (unpaired) electrons. The highest BCUT2D eigenvalue weighted by Gasteiger charge is 2.37. The molecule has 2 nitrogen and oxygen atoms in total. The van der Waals surface area contributed by atoms with Crippen molar-refractivity contribution in [3.8, 4) is 0 Å². The Balaban J connectivity index is 2.81. The molecule has 1 aromatic rings. The standard InChI is InChI=1S/C9H9ClF3NO/c1-5-2-6(4-8(10)14-5)3-7(15)9(11,12)13/h2,4,7,15H,3H2,1H3. The van der Waals surface area contributed by atoms with E-state index in [9.17, 15) is 13.2 Å². The smallest absolute Gasteiger partial charge is 0.383 e. The van der Waals surface area contributed by atoms with Crippen LogP contribution in [0.25, 0.3) is 0 Å². The van der Waals surface area contributed by atoms with Crippen molar-refractivity contribution in [2.75, 3.05) is 0 Å². The Morgan fingerprint density at radius 3 is 2.53 bits per heavy atom. The summed E-state index contributed by atoms with van der Waals surface area (Å²) in [6.07, 6.45) is -7.48. The van der Waals surface area contributed by atoms with Gasteiger partial charge in [0, 0.05) is 12.1 Å². The van der Waals surface area contributed by atoms with Crippen molar-refractivity contribution in [1.29, 1.82) is 0 Å². The highest BCUT2D eigenvalue weighted by Crippen LogP contribution is 2.23. The second-order valence-electron chi connectivity index (χ2n) is 3.20. The van der Waals surface area contributed by atoms with E-state index in [0.717, 1.165) is 0 Å². The van der Waals surface area contributed by atoms with Crippen LogP contribution in [0.1, 0.15) is 11.3 Å². The molecular weight excluding hydrogens is 231 g/mol. The zero-order valence-corrected chi connectivity index (χ0v) is 8.60. The molecule has 1 unspecified atom stereocenters. The van der Waals surface area contributed by atoms with E-state index in [1.807, 2.05) is 0 Å². The molecule has 1 heterocycles. The molecule has 1 rings (SSSR count). The van der Waals surface area contributed by atoms with Crippen LogP contribution in [0.3, 0.4) is 0 Å². The Morgan fingerprint density at radius 2 is 2.07 bits per heavy atom. The molecule has 15 heavy (non-hydrogen) atoms. The lowest BCUT2D eigenvalue weighted by Gasteiger charge is -2.14. The number of pyridine rings is 1. The normalized spacial score (nSPS) is 14.0. The van der Waals surface area contributed by atoms with Crippen LogP contribution in [-0.4, -0.2) is 22.4 Å². The maximum atomic E-state index is 12.0. The van der Waals surface area contributed by atoms with Gasteiger partial charge in [-0.3, -0.25) is 0 Å². The van der Waals surface area contributed by atoms with Gasteiger partial charge in [0.25, 0.3) is 0 Å². The molecule has 0 saturated carbocycles. The minimum atomic E-state index is -4.61.